The fourth-order valence-corrected chi connectivity index (χ4v) is 3.19. The van der Waals surface area contributed by atoms with Crippen molar-refractivity contribution < 1.29 is 0 Å². The highest BCUT2D eigenvalue weighted by molar-refractivity contribution is 9.10. The SMILES string of the molecule is NC(CSc1ccc(Br)cc1)c1cc(Cl)ccc1Cl. The van der Waals surface area contributed by atoms with Gasteiger partial charge in [0, 0.05) is 31.2 Å². The van der Waals surface area contributed by atoms with Crippen LogP contribution in [0.15, 0.2) is 51.8 Å². The zero-order valence-corrected chi connectivity index (χ0v) is 13.9. The van der Waals surface area contributed by atoms with E-state index >= 15 is 0 Å². The number of hydrogen-bond donors (Lipinski definition) is 1. The summed E-state index contributed by atoms with van der Waals surface area (Å²) in [4.78, 5) is 1.18. The molecule has 0 bridgehead atoms. The summed E-state index contributed by atoms with van der Waals surface area (Å²) in [7, 11) is 0. The molecule has 2 aromatic carbocycles. The summed E-state index contributed by atoms with van der Waals surface area (Å²) in [5.74, 6) is 0.752. The van der Waals surface area contributed by atoms with Gasteiger partial charge in [0.15, 0.2) is 0 Å². The van der Waals surface area contributed by atoms with E-state index in [0.29, 0.717) is 10.0 Å². The van der Waals surface area contributed by atoms with Gasteiger partial charge in [0.1, 0.15) is 0 Å². The van der Waals surface area contributed by atoms with E-state index in [4.69, 9.17) is 28.9 Å². The van der Waals surface area contributed by atoms with Crippen molar-refractivity contribution in [1.82, 2.24) is 0 Å². The number of rotatable bonds is 4. The fraction of sp³-hybridized carbons (Fsp3) is 0.143. The normalized spacial score (nSPS) is 12.4. The van der Waals surface area contributed by atoms with Crippen LogP contribution in [0.3, 0.4) is 0 Å². The summed E-state index contributed by atoms with van der Waals surface area (Å²) in [5, 5.41) is 1.32. The van der Waals surface area contributed by atoms with Crippen molar-refractivity contribution in [2.75, 3.05) is 5.75 Å². The van der Waals surface area contributed by atoms with Crippen LogP contribution in [0.2, 0.25) is 10.0 Å². The van der Waals surface area contributed by atoms with Crippen LogP contribution < -0.4 is 5.73 Å². The average molecular weight is 377 g/mol. The number of thioether (sulfide) groups is 1. The quantitative estimate of drug-likeness (QED) is 0.708. The lowest BCUT2D eigenvalue weighted by molar-refractivity contribution is 0.831. The molecule has 1 atom stereocenters. The number of hydrogen-bond acceptors (Lipinski definition) is 2. The summed E-state index contributed by atoms with van der Waals surface area (Å²) < 4.78 is 1.07. The molecule has 19 heavy (non-hydrogen) atoms. The minimum atomic E-state index is -0.139. The number of benzene rings is 2. The van der Waals surface area contributed by atoms with Gasteiger partial charge in [-0.25, -0.2) is 0 Å². The van der Waals surface area contributed by atoms with E-state index in [0.717, 1.165) is 15.8 Å². The fourth-order valence-electron chi connectivity index (χ4n) is 1.61. The van der Waals surface area contributed by atoms with Crippen molar-refractivity contribution >= 4 is 50.9 Å². The molecule has 0 spiro atoms. The van der Waals surface area contributed by atoms with Gasteiger partial charge in [-0.2, -0.15) is 0 Å². The largest absolute Gasteiger partial charge is 0.323 e. The molecule has 0 amide bonds. The van der Waals surface area contributed by atoms with Crippen molar-refractivity contribution in [3.63, 3.8) is 0 Å². The Morgan fingerprint density at radius 3 is 2.47 bits per heavy atom. The third-order valence-corrected chi connectivity index (χ3v) is 4.84. The molecule has 2 rings (SSSR count). The predicted molar refractivity (Wildman–Crippen MR) is 88.3 cm³/mol. The highest BCUT2D eigenvalue weighted by atomic mass is 79.9. The van der Waals surface area contributed by atoms with Crippen molar-refractivity contribution in [2.24, 2.45) is 5.73 Å². The van der Waals surface area contributed by atoms with E-state index in [9.17, 15) is 0 Å². The Bertz CT molecular complexity index is 560. The van der Waals surface area contributed by atoms with Gasteiger partial charge in [0.05, 0.1) is 0 Å². The van der Waals surface area contributed by atoms with Crippen molar-refractivity contribution in [3.8, 4) is 0 Å². The van der Waals surface area contributed by atoms with E-state index in [1.165, 1.54) is 4.90 Å². The van der Waals surface area contributed by atoms with Gasteiger partial charge in [0.2, 0.25) is 0 Å². The van der Waals surface area contributed by atoms with E-state index in [2.05, 4.69) is 28.1 Å². The minimum absolute atomic E-state index is 0.139. The lowest BCUT2D eigenvalue weighted by Crippen LogP contribution is -2.13. The van der Waals surface area contributed by atoms with Gasteiger partial charge < -0.3 is 5.73 Å². The maximum atomic E-state index is 6.17. The van der Waals surface area contributed by atoms with Crippen LogP contribution >= 0.6 is 50.9 Å². The van der Waals surface area contributed by atoms with E-state index in [1.807, 2.05) is 18.2 Å². The molecule has 100 valence electrons. The first-order chi connectivity index (χ1) is 9.06. The summed E-state index contributed by atoms with van der Waals surface area (Å²) in [6.45, 7) is 0. The molecule has 0 saturated carbocycles. The second-order valence-corrected chi connectivity index (χ2v) is 6.89. The maximum absolute atomic E-state index is 6.17. The minimum Gasteiger partial charge on any atom is -0.323 e. The lowest BCUT2D eigenvalue weighted by atomic mass is 10.1. The first-order valence-electron chi connectivity index (χ1n) is 5.65. The van der Waals surface area contributed by atoms with E-state index < -0.39 is 0 Å². The Kier molecular flexibility index (Phi) is 5.60. The standard InChI is InChI=1S/C14H12BrCl2NS/c15-9-1-4-11(5-2-9)19-8-14(18)12-7-10(16)3-6-13(12)17/h1-7,14H,8,18H2. The molecule has 0 radical (unpaired) electrons. The second-order valence-electron chi connectivity index (χ2n) is 4.04. The summed E-state index contributed by atoms with van der Waals surface area (Å²) in [5.41, 5.74) is 7.06. The van der Waals surface area contributed by atoms with Gasteiger partial charge in [-0.15, -0.1) is 11.8 Å². The summed E-state index contributed by atoms with van der Waals surface area (Å²) in [6.07, 6.45) is 0. The summed E-state index contributed by atoms with van der Waals surface area (Å²) >= 11 is 17.2. The Hall–Kier alpha value is -0.190. The van der Waals surface area contributed by atoms with Crippen LogP contribution in [0.4, 0.5) is 0 Å². The molecular weight excluding hydrogens is 365 g/mol. The van der Waals surface area contributed by atoms with E-state index in [-0.39, 0.29) is 6.04 Å². The molecule has 0 aromatic heterocycles. The van der Waals surface area contributed by atoms with Crippen LogP contribution in [0.1, 0.15) is 11.6 Å². The van der Waals surface area contributed by atoms with Crippen LogP contribution in [0.5, 0.6) is 0 Å². The smallest absolute Gasteiger partial charge is 0.0455 e. The highest BCUT2D eigenvalue weighted by Gasteiger charge is 2.11. The number of nitrogens with two attached hydrogens (primary N) is 1. The van der Waals surface area contributed by atoms with Crippen LogP contribution in [0, 0.1) is 0 Å². The maximum Gasteiger partial charge on any atom is 0.0455 e. The molecule has 0 heterocycles. The Balaban J connectivity index is 2.03. The topological polar surface area (TPSA) is 26.0 Å². The van der Waals surface area contributed by atoms with Crippen LogP contribution in [0.25, 0.3) is 0 Å². The first-order valence-corrected chi connectivity index (χ1v) is 8.18. The van der Waals surface area contributed by atoms with Crippen LogP contribution in [-0.4, -0.2) is 5.75 Å². The van der Waals surface area contributed by atoms with Gasteiger partial charge in [-0.05, 0) is 48.0 Å². The molecule has 0 aliphatic rings. The van der Waals surface area contributed by atoms with Crippen molar-refractivity contribution in [1.29, 1.82) is 0 Å². The highest BCUT2D eigenvalue weighted by Crippen LogP contribution is 2.29. The van der Waals surface area contributed by atoms with Crippen molar-refractivity contribution in [2.45, 2.75) is 10.9 Å². The molecule has 2 N–H and O–H groups in total. The molecular formula is C14H12BrCl2NS. The molecule has 0 fully saturated rings. The molecule has 0 aliphatic heterocycles. The average Bonchev–Trinajstić information content (AvgIpc) is 2.40. The third kappa shape index (κ3) is 4.40. The second kappa shape index (κ2) is 7.00. The van der Waals surface area contributed by atoms with E-state index in [1.54, 1.807) is 23.9 Å². The monoisotopic (exact) mass is 375 g/mol. The Labute approximate surface area is 135 Å². The zero-order valence-electron chi connectivity index (χ0n) is 9.95. The van der Waals surface area contributed by atoms with Gasteiger partial charge in [-0.3, -0.25) is 0 Å². The summed E-state index contributed by atoms with van der Waals surface area (Å²) in [6, 6.07) is 13.4. The molecule has 1 unspecified atom stereocenters. The van der Waals surface area contributed by atoms with Gasteiger partial charge >= 0.3 is 0 Å². The van der Waals surface area contributed by atoms with Crippen molar-refractivity contribution in [3.05, 3.63) is 62.5 Å². The van der Waals surface area contributed by atoms with Crippen LogP contribution in [-0.2, 0) is 0 Å². The molecule has 0 aliphatic carbocycles. The third-order valence-electron chi connectivity index (χ3n) is 2.60. The molecule has 0 saturated heterocycles. The molecule has 2 aromatic rings. The Morgan fingerprint density at radius 2 is 1.79 bits per heavy atom. The lowest BCUT2D eigenvalue weighted by Gasteiger charge is -2.13. The zero-order chi connectivity index (χ0) is 13.8. The van der Waals surface area contributed by atoms with Gasteiger partial charge in [0.25, 0.3) is 0 Å². The first kappa shape index (κ1) is 15.2. The number of halogens is 3. The molecule has 5 heteroatoms. The Morgan fingerprint density at radius 1 is 1.11 bits per heavy atom. The predicted octanol–water partition coefficient (Wildman–Crippen LogP) is 5.55. The molecule has 1 nitrogen and oxygen atoms in total. The van der Waals surface area contributed by atoms with Gasteiger partial charge in [-0.1, -0.05) is 39.1 Å².